The lowest BCUT2D eigenvalue weighted by Gasteiger charge is -2.08. The summed E-state index contributed by atoms with van der Waals surface area (Å²) in [4.78, 5) is 4.63. The number of hydrogen-bond donors (Lipinski definition) is 0. The normalized spacial score (nSPS) is 11.7. The molecule has 126 valence electrons. The van der Waals surface area contributed by atoms with E-state index >= 15 is 0 Å². The number of fused-ring (bicyclic) bond motifs is 1. The van der Waals surface area contributed by atoms with Crippen molar-refractivity contribution in [2.24, 2.45) is 0 Å². The summed E-state index contributed by atoms with van der Waals surface area (Å²) in [6.07, 6.45) is 3.50. The topological polar surface area (TPSA) is 61.2 Å². The van der Waals surface area contributed by atoms with Gasteiger partial charge in [-0.15, -0.1) is 0 Å². The fraction of sp³-hybridized carbons (Fsp3) is 0.235. The van der Waals surface area contributed by atoms with Gasteiger partial charge in [-0.2, -0.15) is 0 Å². The molecule has 2 aromatic heterocycles. The summed E-state index contributed by atoms with van der Waals surface area (Å²) in [7, 11) is -3.63. The molecule has 0 aliphatic heterocycles. The van der Waals surface area contributed by atoms with Gasteiger partial charge in [0.25, 0.3) is 10.0 Å². The van der Waals surface area contributed by atoms with Crippen molar-refractivity contribution in [2.75, 3.05) is 11.9 Å². The number of alkyl halides is 1. The summed E-state index contributed by atoms with van der Waals surface area (Å²) in [6, 6.07) is 13.5. The molecule has 0 N–H and O–H groups in total. The van der Waals surface area contributed by atoms with Gasteiger partial charge in [-0.05, 0) is 37.1 Å². The van der Waals surface area contributed by atoms with E-state index in [2.05, 4.69) is 20.9 Å². The van der Waals surface area contributed by atoms with Crippen molar-refractivity contribution in [2.45, 2.75) is 17.7 Å². The van der Waals surface area contributed by atoms with E-state index in [0.29, 0.717) is 23.5 Å². The molecule has 0 saturated carbocycles. The van der Waals surface area contributed by atoms with Crippen molar-refractivity contribution >= 4 is 37.0 Å². The number of aromatic nitrogens is 2. The number of hydrogen-bond acceptors (Lipinski definition) is 4. The number of pyridine rings is 1. The number of benzene rings is 1. The quantitative estimate of drug-likeness (QED) is 0.440. The lowest BCUT2D eigenvalue weighted by molar-refractivity contribution is 0.299. The number of unbranched alkanes of at least 4 members (excludes halogenated alkanes) is 1. The van der Waals surface area contributed by atoms with Gasteiger partial charge in [0.2, 0.25) is 5.88 Å². The van der Waals surface area contributed by atoms with Gasteiger partial charge >= 0.3 is 0 Å². The minimum Gasteiger partial charge on any atom is -0.478 e. The van der Waals surface area contributed by atoms with E-state index in [9.17, 15) is 8.42 Å². The van der Waals surface area contributed by atoms with Crippen molar-refractivity contribution in [3.63, 3.8) is 0 Å². The van der Waals surface area contributed by atoms with Gasteiger partial charge in [0.1, 0.15) is 0 Å². The zero-order valence-corrected chi connectivity index (χ0v) is 15.3. The molecule has 3 aromatic rings. The first-order valence-electron chi connectivity index (χ1n) is 7.60. The summed E-state index contributed by atoms with van der Waals surface area (Å²) in [5.74, 6) is 0.506. The Bertz CT molecular complexity index is 923. The highest BCUT2D eigenvalue weighted by molar-refractivity contribution is 9.09. The first-order chi connectivity index (χ1) is 11.6. The molecule has 0 bridgehead atoms. The molecule has 0 aliphatic carbocycles. The highest BCUT2D eigenvalue weighted by Gasteiger charge is 2.19. The Labute approximate surface area is 149 Å². The second kappa shape index (κ2) is 7.36. The van der Waals surface area contributed by atoms with Crippen LogP contribution in [0.5, 0.6) is 5.88 Å². The lowest BCUT2D eigenvalue weighted by Crippen LogP contribution is -2.11. The Morgan fingerprint density at radius 1 is 1.04 bits per heavy atom. The largest absolute Gasteiger partial charge is 0.478 e. The van der Waals surface area contributed by atoms with Crippen LogP contribution in [0, 0.1) is 0 Å². The van der Waals surface area contributed by atoms with Gasteiger partial charge in [-0.25, -0.2) is 17.4 Å². The summed E-state index contributed by atoms with van der Waals surface area (Å²) in [6.45, 7) is 0.590. The summed E-state index contributed by atoms with van der Waals surface area (Å²) < 4.78 is 32.3. The zero-order valence-electron chi connectivity index (χ0n) is 12.9. The van der Waals surface area contributed by atoms with E-state index in [1.165, 1.54) is 10.2 Å². The molecular weight excluding hydrogens is 392 g/mol. The molecule has 0 amide bonds. The average Bonchev–Trinajstić information content (AvgIpc) is 3.03. The van der Waals surface area contributed by atoms with Gasteiger partial charge < -0.3 is 4.74 Å². The van der Waals surface area contributed by atoms with Crippen LogP contribution >= 0.6 is 15.9 Å². The molecular formula is C17H17BrN2O3S. The molecule has 5 nitrogen and oxygen atoms in total. The lowest BCUT2D eigenvalue weighted by atomic mass is 10.3. The first kappa shape index (κ1) is 17.0. The maximum atomic E-state index is 12.7. The van der Waals surface area contributed by atoms with Crippen molar-refractivity contribution < 1.29 is 13.2 Å². The Hall–Kier alpha value is -1.86. The van der Waals surface area contributed by atoms with Crippen LogP contribution in [0.4, 0.5) is 0 Å². The summed E-state index contributed by atoms with van der Waals surface area (Å²) in [5, 5.41) is 0.947. The maximum absolute atomic E-state index is 12.7. The van der Waals surface area contributed by atoms with Crippen molar-refractivity contribution in [3.8, 4) is 5.88 Å². The van der Waals surface area contributed by atoms with Gasteiger partial charge in [0.15, 0.2) is 0 Å². The monoisotopic (exact) mass is 408 g/mol. The molecule has 0 saturated heterocycles. The van der Waals surface area contributed by atoms with Gasteiger partial charge in [-0.3, -0.25) is 0 Å². The highest BCUT2D eigenvalue weighted by Crippen LogP contribution is 2.23. The van der Waals surface area contributed by atoms with Crippen LogP contribution in [0.15, 0.2) is 59.6 Å². The number of halogens is 1. The average molecular weight is 409 g/mol. The Kier molecular flexibility index (Phi) is 5.20. The minimum atomic E-state index is -3.63. The predicted octanol–water partition coefficient (Wildman–Crippen LogP) is 3.83. The van der Waals surface area contributed by atoms with E-state index in [1.54, 1.807) is 48.5 Å². The fourth-order valence-corrected chi connectivity index (χ4v) is 4.10. The smallest absolute Gasteiger partial charge is 0.268 e. The van der Waals surface area contributed by atoms with Crippen molar-refractivity contribution in [1.29, 1.82) is 0 Å². The molecule has 0 radical (unpaired) electrons. The number of rotatable bonds is 7. The predicted molar refractivity (Wildman–Crippen MR) is 97.3 cm³/mol. The van der Waals surface area contributed by atoms with Gasteiger partial charge in [0, 0.05) is 17.6 Å². The van der Waals surface area contributed by atoms with Crippen molar-refractivity contribution in [3.05, 3.63) is 54.7 Å². The molecule has 0 atom stereocenters. The molecule has 0 aliphatic rings. The van der Waals surface area contributed by atoms with E-state index in [0.717, 1.165) is 18.2 Å². The molecule has 0 fully saturated rings. The van der Waals surface area contributed by atoms with Crippen LogP contribution in [0.25, 0.3) is 11.0 Å². The fourth-order valence-electron chi connectivity index (χ4n) is 2.35. The third kappa shape index (κ3) is 3.47. The SMILES string of the molecule is O=S(=O)(c1ccccc1)n1ccc2nc(OCCCCBr)ccc21. The van der Waals surface area contributed by atoms with Crippen LogP contribution in [0.3, 0.4) is 0 Å². The van der Waals surface area contributed by atoms with Gasteiger partial charge in [-0.1, -0.05) is 34.1 Å². The molecule has 3 rings (SSSR count). The Morgan fingerprint density at radius 3 is 2.58 bits per heavy atom. The summed E-state index contributed by atoms with van der Waals surface area (Å²) >= 11 is 3.38. The summed E-state index contributed by atoms with van der Waals surface area (Å²) in [5.41, 5.74) is 1.12. The highest BCUT2D eigenvalue weighted by atomic mass is 79.9. The maximum Gasteiger partial charge on any atom is 0.268 e. The standard InChI is InChI=1S/C17H17BrN2O3S/c18-11-4-5-13-23-17-9-8-16-15(19-17)10-12-20(16)24(21,22)14-6-2-1-3-7-14/h1-3,6-10,12H,4-5,11,13H2. The number of nitrogens with zero attached hydrogens (tertiary/aromatic N) is 2. The van der Waals surface area contributed by atoms with Gasteiger partial charge in [0.05, 0.1) is 22.5 Å². The minimum absolute atomic E-state index is 0.248. The second-order valence-corrected chi connectivity index (χ2v) is 7.84. The van der Waals surface area contributed by atoms with Crippen LogP contribution in [0.1, 0.15) is 12.8 Å². The number of ether oxygens (including phenoxy) is 1. The van der Waals surface area contributed by atoms with Crippen LogP contribution in [-0.2, 0) is 10.0 Å². The molecule has 7 heteroatoms. The molecule has 2 heterocycles. The van der Waals surface area contributed by atoms with E-state index < -0.39 is 10.0 Å². The van der Waals surface area contributed by atoms with Crippen LogP contribution in [0.2, 0.25) is 0 Å². The molecule has 1 aromatic carbocycles. The van der Waals surface area contributed by atoms with E-state index in [1.807, 2.05) is 0 Å². The first-order valence-corrected chi connectivity index (χ1v) is 10.2. The second-order valence-electron chi connectivity index (χ2n) is 5.23. The van der Waals surface area contributed by atoms with E-state index in [-0.39, 0.29) is 4.90 Å². The molecule has 24 heavy (non-hydrogen) atoms. The third-order valence-electron chi connectivity index (χ3n) is 3.56. The van der Waals surface area contributed by atoms with Crippen molar-refractivity contribution in [1.82, 2.24) is 8.96 Å². The molecule has 0 unspecified atom stereocenters. The van der Waals surface area contributed by atoms with Crippen LogP contribution < -0.4 is 4.74 Å². The Balaban J connectivity index is 1.89. The third-order valence-corrected chi connectivity index (χ3v) is 5.82. The van der Waals surface area contributed by atoms with E-state index in [4.69, 9.17) is 4.74 Å². The zero-order chi connectivity index (χ0) is 17.0. The Morgan fingerprint density at radius 2 is 1.83 bits per heavy atom. The molecule has 0 spiro atoms. The van der Waals surface area contributed by atoms with Crippen LogP contribution in [-0.4, -0.2) is 29.3 Å².